The Morgan fingerprint density at radius 2 is 1.82 bits per heavy atom. The molecule has 1 aliphatic carbocycles. The van der Waals surface area contributed by atoms with Crippen LogP contribution in [0.5, 0.6) is 5.75 Å². The molecule has 40 heavy (non-hydrogen) atoms. The van der Waals surface area contributed by atoms with Gasteiger partial charge in [0.1, 0.15) is 6.10 Å². The van der Waals surface area contributed by atoms with Crippen LogP contribution in [-0.2, 0) is 10.0 Å². The van der Waals surface area contributed by atoms with E-state index < -0.39 is 22.2 Å². The molecule has 3 N–H and O–H groups in total. The van der Waals surface area contributed by atoms with Crippen molar-refractivity contribution in [3.63, 3.8) is 0 Å². The number of likely N-dealkylation sites (N-methyl/N-ethyl adjacent to an activating group) is 1. The first-order valence-corrected chi connectivity index (χ1v) is 15.4. The van der Waals surface area contributed by atoms with Crippen LogP contribution >= 0.6 is 0 Å². The van der Waals surface area contributed by atoms with Gasteiger partial charge in [0.15, 0.2) is 5.75 Å². The molecule has 11 heteroatoms. The molecule has 0 spiro atoms. The summed E-state index contributed by atoms with van der Waals surface area (Å²) in [5.41, 5.74) is 0.305. The van der Waals surface area contributed by atoms with Crippen molar-refractivity contribution in [3.05, 3.63) is 54.1 Å². The van der Waals surface area contributed by atoms with Crippen LogP contribution in [0.15, 0.2) is 53.4 Å². The Bertz CT molecular complexity index is 1280. The fourth-order valence-corrected chi connectivity index (χ4v) is 6.31. The SMILES string of the molecule is C[C@@H]1CN([C@H](C)CO)C(=O)c2cccc(NS(=O)(=O)c3ccccc3)c2O[C@@H]1CN(C)C(=O)NC1CCCCC1. The van der Waals surface area contributed by atoms with Crippen molar-refractivity contribution < 1.29 is 27.9 Å². The van der Waals surface area contributed by atoms with E-state index in [-0.39, 0.29) is 58.9 Å². The van der Waals surface area contributed by atoms with Gasteiger partial charge in [-0.25, -0.2) is 13.2 Å². The zero-order valence-corrected chi connectivity index (χ0v) is 24.2. The van der Waals surface area contributed by atoms with Crippen LogP contribution < -0.4 is 14.8 Å². The van der Waals surface area contributed by atoms with E-state index in [0.717, 1.165) is 25.7 Å². The first-order valence-electron chi connectivity index (χ1n) is 13.9. The summed E-state index contributed by atoms with van der Waals surface area (Å²) in [6.45, 7) is 3.96. The van der Waals surface area contributed by atoms with Crippen LogP contribution in [0.4, 0.5) is 10.5 Å². The highest BCUT2D eigenvalue weighted by Crippen LogP contribution is 2.36. The number of hydrogen-bond acceptors (Lipinski definition) is 6. The van der Waals surface area contributed by atoms with Gasteiger partial charge >= 0.3 is 6.03 Å². The summed E-state index contributed by atoms with van der Waals surface area (Å²) >= 11 is 0. The van der Waals surface area contributed by atoms with Crippen molar-refractivity contribution in [2.24, 2.45) is 5.92 Å². The zero-order valence-electron chi connectivity index (χ0n) is 23.4. The number of amides is 3. The maximum atomic E-state index is 13.7. The van der Waals surface area contributed by atoms with Gasteiger partial charge in [0.05, 0.1) is 35.3 Å². The molecule has 0 radical (unpaired) electrons. The van der Waals surface area contributed by atoms with Crippen molar-refractivity contribution in [2.45, 2.75) is 69.0 Å². The first kappa shape index (κ1) is 29.7. The summed E-state index contributed by atoms with van der Waals surface area (Å²) in [5, 5.41) is 13.0. The number of fused-ring (bicyclic) bond motifs is 1. The number of sulfonamides is 1. The van der Waals surface area contributed by atoms with Gasteiger partial charge in [-0.3, -0.25) is 9.52 Å². The molecule has 0 unspecified atom stereocenters. The fraction of sp³-hybridized carbons (Fsp3) is 0.517. The molecule has 1 heterocycles. The molecule has 1 fully saturated rings. The lowest BCUT2D eigenvalue weighted by atomic mass is 9.96. The topological polar surface area (TPSA) is 128 Å². The minimum absolute atomic E-state index is 0.0735. The minimum Gasteiger partial charge on any atom is -0.485 e. The predicted octanol–water partition coefficient (Wildman–Crippen LogP) is 3.68. The molecule has 0 saturated heterocycles. The van der Waals surface area contributed by atoms with Crippen LogP contribution in [0, 0.1) is 5.92 Å². The summed E-state index contributed by atoms with van der Waals surface area (Å²) in [7, 11) is -2.27. The number of nitrogens with one attached hydrogen (secondary N) is 2. The second kappa shape index (κ2) is 12.9. The number of anilines is 1. The Balaban J connectivity index is 1.66. The third-order valence-corrected chi connectivity index (χ3v) is 9.10. The monoisotopic (exact) mass is 572 g/mol. The number of rotatable bonds is 8. The van der Waals surface area contributed by atoms with Gasteiger partial charge in [-0.15, -0.1) is 0 Å². The third-order valence-electron chi connectivity index (χ3n) is 7.72. The Hall–Kier alpha value is -3.31. The van der Waals surface area contributed by atoms with Crippen molar-refractivity contribution in [2.75, 3.05) is 31.5 Å². The molecule has 0 bridgehead atoms. The predicted molar refractivity (Wildman–Crippen MR) is 153 cm³/mol. The summed E-state index contributed by atoms with van der Waals surface area (Å²) < 4.78 is 35.4. The number of carbonyl (C=O) groups is 2. The smallest absolute Gasteiger partial charge is 0.317 e. The van der Waals surface area contributed by atoms with E-state index in [2.05, 4.69) is 10.0 Å². The van der Waals surface area contributed by atoms with E-state index in [1.54, 1.807) is 60.2 Å². The van der Waals surface area contributed by atoms with E-state index in [1.807, 2.05) is 6.92 Å². The summed E-state index contributed by atoms with van der Waals surface area (Å²) in [6.07, 6.45) is 4.75. The number of aliphatic hydroxyl groups is 1. The van der Waals surface area contributed by atoms with Crippen molar-refractivity contribution in [1.29, 1.82) is 0 Å². The summed E-state index contributed by atoms with van der Waals surface area (Å²) in [6, 6.07) is 12.2. The number of para-hydroxylation sites is 1. The maximum absolute atomic E-state index is 13.7. The number of nitrogens with zero attached hydrogens (tertiary/aromatic N) is 2. The highest BCUT2D eigenvalue weighted by molar-refractivity contribution is 7.92. The van der Waals surface area contributed by atoms with Crippen LogP contribution in [0.3, 0.4) is 0 Å². The maximum Gasteiger partial charge on any atom is 0.317 e. The largest absolute Gasteiger partial charge is 0.485 e. The van der Waals surface area contributed by atoms with E-state index in [9.17, 15) is 23.1 Å². The molecule has 10 nitrogen and oxygen atoms in total. The van der Waals surface area contributed by atoms with Crippen LogP contribution in [-0.4, -0.2) is 80.2 Å². The lowest BCUT2D eigenvalue weighted by molar-refractivity contribution is 0.0368. The Kier molecular flexibility index (Phi) is 9.57. The van der Waals surface area contributed by atoms with Crippen LogP contribution in [0.1, 0.15) is 56.3 Å². The molecular weight excluding hydrogens is 532 g/mol. The van der Waals surface area contributed by atoms with Crippen LogP contribution in [0.2, 0.25) is 0 Å². The highest BCUT2D eigenvalue weighted by atomic mass is 32.2. The number of urea groups is 1. The Morgan fingerprint density at radius 1 is 1.12 bits per heavy atom. The molecule has 2 aromatic rings. The molecule has 0 aromatic heterocycles. The van der Waals surface area contributed by atoms with Gasteiger partial charge in [0.2, 0.25) is 0 Å². The number of hydrogen-bond donors (Lipinski definition) is 3. The zero-order chi connectivity index (χ0) is 28.9. The molecule has 1 saturated carbocycles. The lowest BCUT2D eigenvalue weighted by Gasteiger charge is -2.38. The van der Waals surface area contributed by atoms with E-state index in [1.165, 1.54) is 18.6 Å². The van der Waals surface area contributed by atoms with Gasteiger partial charge in [0, 0.05) is 25.6 Å². The Labute approximate surface area is 236 Å². The molecule has 3 atom stereocenters. The van der Waals surface area contributed by atoms with Gasteiger partial charge < -0.3 is 25.0 Å². The van der Waals surface area contributed by atoms with Gasteiger partial charge in [-0.2, -0.15) is 0 Å². The van der Waals surface area contributed by atoms with Gasteiger partial charge in [0.25, 0.3) is 15.9 Å². The fourth-order valence-electron chi connectivity index (χ4n) is 5.23. The summed E-state index contributed by atoms with van der Waals surface area (Å²) in [5.74, 6) is -0.513. The molecule has 3 amide bonds. The molecular formula is C29H40N4O6S. The van der Waals surface area contributed by atoms with E-state index >= 15 is 0 Å². The van der Waals surface area contributed by atoms with Gasteiger partial charge in [-0.05, 0) is 44.0 Å². The summed E-state index contributed by atoms with van der Waals surface area (Å²) in [4.78, 5) is 29.9. The molecule has 4 rings (SSSR count). The number of aliphatic hydroxyl groups excluding tert-OH is 1. The average molecular weight is 573 g/mol. The molecule has 2 aromatic carbocycles. The molecule has 2 aliphatic rings. The third kappa shape index (κ3) is 6.87. The number of carbonyl (C=O) groups excluding carboxylic acids is 2. The average Bonchev–Trinajstić information content (AvgIpc) is 2.95. The van der Waals surface area contributed by atoms with E-state index in [4.69, 9.17) is 4.74 Å². The van der Waals surface area contributed by atoms with Crippen molar-refractivity contribution in [1.82, 2.24) is 15.1 Å². The minimum atomic E-state index is -3.97. The van der Waals surface area contributed by atoms with Crippen molar-refractivity contribution >= 4 is 27.6 Å². The van der Waals surface area contributed by atoms with E-state index in [0.29, 0.717) is 6.54 Å². The van der Waals surface area contributed by atoms with Crippen LogP contribution in [0.25, 0.3) is 0 Å². The first-order chi connectivity index (χ1) is 19.1. The second-order valence-electron chi connectivity index (χ2n) is 10.9. The molecule has 218 valence electrons. The normalized spacial score (nSPS) is 20.9. The molecule has 1 aliphatic heterocycles. The number of ether oxygens (including phenoxy) is 1. The quantitative estimate of drug-likeness (QED) is 0.443. The van der Waals surface area contributed by atoms with Gasteiger partial charge in [-0.1, -0.05) is 50.5 Å². The standard InChI is InChI=1S/C29H40N4O6S/c1-20-17-33(21(2)19-34)28(35)24-15-10-16-25(31-40(37,38)23-13-8-5-9-14-23)27(24)39-26(20)18-32(3)29(36)30-22-11-6-4-7-12-22/h5,8-10,13-16,20-22,26,31,34H,4,6-7,11-12,17-19H2,1-3H3,(H,30,36)/t20-,21-,26-/m1/s1. The van der Waals surface area contributed by atoms with Crippen molar-refractivity contribution in [3.8, 4) is 5.75 Å². The second-order valence-corrected chi connectivity index (χ2v) is 12.6. The Morgan fingerprint density at radius 3 is 2.50 bits per heavy atom. The number of benzene rings is 2. The lowest BCUT2D eigenvalue weighted by Crippen LogP contribution is -2.52. The highest BCUT2D eigenvalue weighted by Gasteiger charge is 2.35.